The monoisotopic (exact) mass is 541 g/mol. The first-order chi connectivity index (χ1) is 18.3. The first kappa shape index (κ1) is 28.7. The third-order valence-electron chi connectivity index (χ3n) is 8.70. The summed E-state index contributed by atoms with van der Waals surface area (Å²) in [5, 5.41) is 14.6. The Labute approximate surface area is 230 Å². The van der Waals surface area contributed by atoms with Gasteiger partial charge >= 0.3 is 6.15 Å². The van der Waals surface area contributed by atoms with E-state index in [-0.39, 0.29) is 24.0 Å². The van der Waals surface area contributed by atoms with Gasteiger partial charge in [0, 0.05) is 41.4 Å². The average molecular weight is 542 g/mol. The van der Waals surface area contributed by atoms with Gasteiger partial charge in [-0.1, -0.05) is 33.1 Å². The molecule has 2 unspecified atom stereocenters. The zero-order valence-electron chi connectivity index (χ0n) is 23.3. The zero-order valence-corrected chi connectivity index (χ0v) is 24.1. The number of aryl methyl sites for hydroxylation is 2. The second-order valence-electron chi connectivity index (χ2n) is 11.7. The first-order valence-corrected chi connectivity index (χ1v) is 15.2. The van der Waals surface area contributed by atoms with Crippen molar-refractivity contribution in [2.75, 3.05) is 6.54 Å². The van der Waals surface area contributed by atoms with Crippen molar-refractivity contribution < 1.29 is 14.4 Å². The van der Waals surface area contributed by atoms with Crippen molar-refractivity contribution in [2.24, 2.45) is 5.92 Å². The smallest absolute Gasteiger partial charge is 0.348 e. The van der Waals surface area contributed by atoms with Crippen LogP contribution in [-0.2, 0) is 14.4 Å². The van der Waals surface area contributed by atoms with Crippen molar-refractivity contribution in [3.63, 3.8) is 0 Å². The van der Waals surface area contributed by atoms with Crippen LogP contribution in [0.4, 0.5) is 0 Å². The van der Waals surface area contributed by atoms with Crippen LogP contribution < -0.4 is 5.32 Å². The molecule has 3 fully saturated rings. The molecule has 0 radical (unpaired) electrons. The predicted octanol–water partition coefficient (Wildman–Crippen LogP) is 5.49. The molecule has 4 heterocycles. The minimum atomic E-state index is 0.132. The highest BCUT2D eigenvalue weighted by Crippen LogP contribution is 2.42. The van der Waals surface area contributed by atoms with Gasteiger partial charge < -0.3 is 9.88 Å². The van der Waals surface area contributed by atoms with Gasteiger partial charge in [0.25, 0.3) is 0 Å². The third-order valence-corrected chi connectivity index (χ3v) is 9.86. The van der Waals surface area contributed by atoms with Crippen molar-refractivity contribution in [3.8, 4) is 0 Å². The van der Waals surface area contributed by atoms with Crippen LogP contribution in [0.15, 0.2) is 11.4 Å². The summed E-state index contributed by atoms with van der Waals surface area (Å²) in [5.74, 6) is 3.09. The number of thiophene rings is 1. The van der Waals surface area contributed by atoms with Gasteiger partial charge in [-0.2, -0.15) is 9.59 Å². The minimum Gasteiger partial charge on any atom is -0.348 e. The van der Waals surface area contributed by atoms with E-state index in [1.54, 1.807) is 11.3 Å². The van der Waals surface area contributed by atoms with Crippen LogP contribution >= 0.6 is 11.3 Å². The molecule has 2 aromatic heterocycles. The summed E-state index contributed by atoms with van der Waals surface area (Å²) in [4.78, 5) is 33.5. The SMILES string of the molecule is Cc1csc([C@H](CCN2C3CCC2CC(n2c(C)nnc2C(C)C)C3)NC(=O)C2CCCCC2)c1.O=C=O. The molecule has 0 spiro atoms. The van der Waals surface area contributed by atoms with Crippen molar-refractivity contribution in [3.05, 3.63) is 33.5 Å². The molecule has 38 heavy (non-hydrogen) atoms. The Bertz CT molecular complexity index is 1090. The van der Waals surface area contributed by atoms with Gasteiger partial charge in [0.05, 0.1) is 6.04 Å². The fraction of sp³-hybridized carbons (Fsp3) is 0.724. The molecule has 2 bridgehead atoms. The minimum absolute atomic E-state index is 0.132. The number of aromatic nitrogens is 3. The van der Waals surface area contributed by atoms with Gasteiger partial charge in [0.2, 0.25) is 5.91 Å². The first-order valence-electron chi connectivity index (χ1n) is 14.3. The Hall–Kier alpha value is -2.35. The second kappa shape index (κ2) is 13.1. The van der Waals surface area contributed by atoms with Crippen molar-refractivity contribution in [1.29, 1.82) is 0 Å². The normalized spacial score (nSPS) is 24.5. The number of carbonyl (C=O) groups excluding carboxylic acids is 3. The van der Waals surface area contributed by atoms with Crippen LogP contribution in [0, 0.1) is 19.8 Å². The highest BCUT2D eigenvalue weighted by Gasteiger charge is 2.42. The largest absolute Gasteiger partial charge is 0.373 e. The van der Waals surface area contributed by atoms with Gasteiger partial charge in [-0.25, -0.2) is 0 Å². The standard InChI is InChI=1S/C28H43N5OS.CO2/c1-18(2)27-31-30-20(4)33(27)24-15-22-10-11-23(16-24)32(22)13-12-25(26-14-19(3)17-35-26)29-28(34)21-8-6-5-7-9-21;2-1-3/h14,17-18,21-25H,5-13,15-16H2,1-4H3,(H,29,34);/t22?,23?,24?,25-;/m0./s1. The molecule has 1 amide bonds. The molecule has 3 aliphatic rings. The summed E-state index contributed by atoms with van der Waals surface area (Å²) in [6.07, 6.45) is 12.0. The lowest BCUT2D eigenvalue weighted by molar-refractivity contribution is -0.191. The molecule has 208 valence electrons. The fourth-order valence-electron chi connectivity index (χ4n) is 6.91. The van der Waals surface area contributed by atoms with Crippen LogP contribution in [0.2, 0.25) is 0 Å². The molecular formula is C29H43N5O3S. The lowest BCUT2D eigenvalue weighted by Crippen LogP contribution is -2.45. The number of rotatable bonds is 8. The average Bonchev–Trinajstić information content (AvgIpc) is 3.57. The van der Waals surface area contributed by atoms with E-state index >= 15 is 0 Å². The molecule has 1 saturated carbocycles. The number of carbonyl (C=O) groups is 1. The topological polar surface area (TPSA) is 97.2 Å². The summed E-state index contributed by atoms with van der Waals surface area (Å²) in [7, 11) is 0. The Morgan fingerprint density at radius 3 is 2.29 bits per heavy atom. The van der Waals surface area contributed by atoms with Gasteiger partial charge in [0.1, 0.15) is 11.6 Å². The quantitative estimate of drug-likeness (QED) is 0.475. The molecule has 5 rings (SSSR count). The van der Waals surface area contributed by atoms with Crippen LogP contribution in [0.1, 0.15) is 118 Å². The highest BCUT2D eigenvalue weighted by atomic mass is 32.1. The van der Waals surface area contributed by atoms with Crippen molar-refractivity contribution in [2.45, 2.75) is 122 Å². The maximum Gasteiger partial charge on any atom is 0.373 e. The molecular weight excluding hydrogens is 498 g/mol. The number of fused-ring (bicyclic) bond motifs is 2. The molecule has 2 aromatic rings. The number of hydrogen-bond acceptors (Lipinski definition) is 7. The Balaban J connectivity index is 0.00000107. The molecule has 9 heteroatoms. The summed E-state index contributed by atoms with van der Waals surface area (Å²) in [6, 6.07) is 4.17. The maximum absolute atomic E-state index is 13.1. The molecule has 3 atom stereocenters. The third kappa shape index (κ3) is 6.61. The number of hydrogen-bond donors (Lipinski definition) is 1. The van der Waals surface area contributed by atoms with E-state index in [1.807, 2.05) is 0 Å². The Morgan fingerprint density at radius 1 is 1.05 bits per heavy atom. The molecule has 8 nitrogen and oxygen atoms in total. The zero-order chi connectivity index (χ0) is 27.2. The molecule has 2 saturated heterocycles. The van der Waals surface area contributed by atoms with Crippen LogP contribution in [-0.4, -0.2) is 50.4 Å². The number of piperidine rings is 1. The molecule has 1 N–H and O–H groups in total. The highest BCUT2D eigenvalue weighted by molar-refractivity contribution is 7.10. The van der Waals surface area contributed by atoms with Crippen LogP contribution in [0.5, 0.6) is 0 Å². The summed E-state index contributed by atoms with van der Waals surface area (Å²) in [6.45, 7) is 9.77. The van der Waals surface area contributed by atoms with Gasteiger partial charge in [-0.3, -0.25) is 9.69 Å². The second-order valence-corrected chi connectivity index (χ2v) is 12.6. The van der Waals surface area contributed by atoms with E-state index in [1.165, 1.54) is 55.4 Å². The van der Waals surface area contributed by atoms with Gasteiger partial charge in [0.15, 0.2) is 0 Å². The molecule has 1 aliphatic carbocycles. The van der Waals surface area contributed by atoms with Gasteiger partial charge in [-0.15, -0.1) is 21.5 Å². The fourth-order valence-corrected chi connectivity index (χ4v) is 7.89. The van der Waals surface area contributed by atoms with Gasteiger partial charge in [-0.05, 0) is 75.8 Å². The summed E-state index contributed by atoms with van der Waals surface area (Å²) in [5.41, 5.74) is 1.30. The molecule has 0 aromatic carbocycles. The lowest BCUT2D eigenvalue weighted by atomic mass is 9.88. The van der Waals surface area contributed by atoms with E-state index in [9.17, 15) is 4.79 Å². The number of nitrogens with one attached hydrogen (secondary N) is 1. The predicted molar refractivity (Wildman–Crippen MR) is 147 cm³/mol. The van der Waals surface area contributed by atoms with E-state index in [0.29, 0.717) is 24.0 Å². The van der Waals surface area contributed by atoms with E-state index in [2.05, 4.69) is 64.1 Å². The van der Waals surface area contributed by atoms with E-state index < -0.39 is 0 Å². The lowest BCUT2D eigenvalue weighted by Gasteiger charge is -2.40. The Morgan fingerprint density at radius 2 is 1.71 bits per heavy atom. The van der Waals surface area contributed by atoms with Crippen molar-refractivity contribution >= 4 is 23.4 Å². The van der Waals surface area contributed by atoms with E-state index in [4.69, 9.17) is 9.59 Å². The Kier molecular flexibility index (Phi) is 9.91. The molecule has 2 aliphatic heterocycles. The number of amides is 1. The van der Waals surface area contributed by atoms with Crippen molar-refractivity contribution in [1.82, 2.24) is 25.0 Å². The summed E-state index contributed by atoms with van der Waals surface area (Å²) < 4.78 is 2.44. The van der Waals surface area contributed by atoms with Crippen LogP contribution in [0.3, 0.4) is 0 Å². The van der Waals surface area contributed by atoms with Crippen LogP contribution in [0.25, 0.3) is 0 Å². The number of nitrogens with zero attached hydrogens (tertiary/aromatic N) is 4. The summed E-state index contributed by atoms with van der Waals surface area (Å²) >= 11 is 1.80. The van der Waals surface area contributed by atoms with E-state index in [0.717, 1.165) is 37.5 Å². The maximum atomic E-state index is 13.1.